The number of hydrogen-bond donors (Lipinski definition) is 0. The Hall–Kier alpha value is -2.28. The molecule has 2 aromatic rings. The summed E-state index contributed by atoms with van der Waals surface area (Å²) >= 11 is 6.21. The van der Waals surface area contributed by atoms with E-state index in [9.17, 15) is 18.0 Å². The summed E-state index contributed by atoms with van der Waals surface area (Å²) in [4.78, 5) is 26.8. The van der Waals surface area contributed by atoms with Crippen molar-refractivity contribution in [3.05, 3.63) is 76.3 Å². The second-order valence-corrected chi connectivity index (χ2v) is 15.2. The third kappa shape index (κ3) is 7.51. The van der Waals surface area contributed by atoms with Crippen molar-refractivity contribution in [3.8, 4) is 0 Å². The summed E-state index contributed by atoms with van der Waals surface area (Å²) in [6.07, 6.45) is 3.28. The maximum Gasteiger partial charge on any atom is 0.244 e. The molecule has 0 fully saturated rings. The number of nitrogens with zero attached hydrogens (tertiary/aromatic N) is 1. The average molecular weight is 586 g/mol. The maximum absolute atomic E-state index is 14.5. The summed E-state index contributed by atoms with van der Waals surface area (Å²) in [5, 5.41) is 0.526. The molecule has 1 aliphatic heterocycles. The quantitative estimate of drug-likeness (QED) is 0.268. The molecular formula is C33H44ClNO4S. The van der Waals surface area contributed by atoms with Crippen LogP contribution in [0.15, 0.2) is 65.1 Å². The molecule has 7 heteroatoms. The third-order valence-electron chi connectivity index (χ3n) is 7.63. The summed E-state index contributed by atoms with van der Waals surface area (Å²) < 4.78 is 30.6. The second-order valence-electron chi connectivity index (χ2n) is 13.0. The van der Waals surface area contributed by atoms with Crippen LogP contribution in [0.25, 0.3) is 0 Å². The number of Topliss-reactive ketones (excluding diaryl/α,β-unsaturated/α-hetero) is 2. The van der Waals surface area contributed by atoms with Crippen LogP contribution in [0, 0.1) is 30.1 Å². The number of carbonyl (C=O) groups excluding carboxylic acids is 2. The molecular weight excluding hydrogens is 542 g/mol. The largest absolute Gasteiger partial charge is 0.300 e. The van der Waals surface area contributed by atoms with Crippen molar-refractivity contribution in [2.24, 2.45) is 23.2 Å². The molecule has 4 atom stereocenters. The van der Waals surface area contributed by atoms with Crippen molar-refractivity contribution < 1.29 is 18.0 Å². The fourth-order valence-corrected chi connectivity index (χ4v) is 8.12. The molecule has 0 amide bonds. The Morgan fingerprint density at radius 1 is 1.00 bits per heavy atom. The highest BCUT2D eigenvalue weighted by atomic mass is 35.5. The lowest BCUT2D eigenvalue weighted by atomic mass is 9.82. The van der Waals surface area contributed by atoms with Gasteiger partial charge >= 0.3 is 0 Å². The topological polar surface area (TPSA) is 71.5 Å². The molecule has 1 unspecified atom stereocenters. The minimum atomic E-state index is -4.03. The molecule has 0 bridgehead atoms. The standard InChI is InChI=1S/C33H44ClNO4S/c1-21(2)17-26(24(5)36)18-30(37)28-19-29(23(4)20-33(6,7)8)35(32(28)25-13-15-27(34)16-14-25)40(38,39)31-12-10-9-11-22(31)3/h9-16,19,21,23,26,29,32H,17-18,20H2,1-8H3/t23?,26-,29+,32+/m1/s1. The number of rotatable bonds is 11. The first-order chi connectivity index (χ1) is 18.5. The van der Waals surface area contributed by atoms with E-state index < -0.39 is 28.0 Å². The van der Waals surface area contributed by atoms with Gasteiger partial charge in [0.15, 0.2) is 5.78 Å². The zero-order chi connectivity index (χ0) is 30.0. The third-order valence-corrected chi connectivity index (χ3v) is 9.91. The summed E-state index contributed by atoms with van der Waals surface area (Å²) in [6.45, 7) is 15.8. The van der Waals surface area contributed by atoms with Crippen LogP contribution in [0.1, 0.15) is 84.9 Å². The van der Waals surface area contributed by atoms with Crippen LogP contribution >= 0.6 is 11.6 Å². The van der Waals surface area contributed by atoms with Gasteiger partial charge in [0.2, 0.25) is 10.0 Å². The van der Waals surface area contributed by atoms with Crippen molar-refractivity contribution in [1.82, 2.24) is 4.31 Å². The van der Waals surface area contributed by atoms with E-state index in [1.54, 1.807) is 49.4 Å². The minimum absolute atomic E-state index is 0.0225. The lowest BCUT2D eigenvalue weighted by Gasteiger charge is -2.36. The molecule has 1 heterocycles. The predicted molar refractivity (Wildman–Crippen MR) is 163 cm³/mol. The van der Waals surface area contributed by atoms with Gasteiger partial charge in [-0.2, -0.15) is 4.31 Å². The Bertz CT molecular complexity index is 1360. The molecule has 0 N–H and O–H groups in total. The van der Waals surface area contributed by atoms with E-state index in [1.807, 2.05) is 26.0 Å². The Kier molecular flexibility index (Phi) is 10.2. The lowest BCUT2D eigenvalue weighted by molar-refractivity contribution is -0.125. The number of ketones is 2. The summed E-state index contributed by atoms with van der Waals surface area (Å²) in [7, 11) is -4.03. The van der Waals surface area contributed by atoms with E-state index in [1.165, 1.54) is 11.2 Å². The molecule has 0 radical (unpaired) electrons. The van der Waals surface area contributed by atoms with Crippen LogP contribution in [-0.4, -0.2) is 30.3 Å². The smallest absolute Gasteiger partial charge is 0.244 e. The summed E-state index contributed by atoms with van der Waals surface area (Å²) in [5.41, 5.74) is 1.70. The number of sulfonamides is 1. The summed E-state index contributed by atoms with van der Waals surface area (Å²) in [6, 6.07) is 12.6. The first-order valence-corrected chi connectivity index (χ1v) is 15.9. The van der Waals surface area contributed by atoms with Crippen LogP contribution in [-0.2, 0) is 19.6 Å². The number of hydrogen-bond acceptors (Lipinski definition) is 4. The van der Waals surface area contributed by atoms with Gasteiger partial charge in [-0.3, -0.25) is 9.59 Å². The molecule has 1 aliphatic rings. The normalized spacial score (nSPS) is 19.9. The fraction of sp³-hybridized carbons (Fsp3) is 0.515. The number of halogens is 1. The SMILES string of the molecule is CC(=O)[C@@H](CC(=O)C1=C[C@@H](C(C)CC(C)(C)C)N(S(=O)(=O)c2ccccc2C)[C@H]1c1ccc(Cl)cc1)CC(C)C. The van der Waals surface area contributed by atoms with Gasteiger partial charge in [0.1, 0.15) is 5.78 Å². The van der Waals surface area contributed by atoms with E-state index in [4.69, 9.17) is 11.6 Å². The van der Waals surface area contributed by atoms with Gasteiger partial charge in [0.25, 0.3) is 0 Å². The first-order valence-electron chi connectivity index (χ1n) is 14.1. The van der Waals surface area contributed by atoms with Crippen LogP contribution in [0.5, 0.6) is 0 Å². The van der Waals surface area contributed by atoms with Crippen molar-refractivity contribution in [2.45, 2.75) is 91.6 Å². The highest BCUT2D eigenvalue weighted by Gasteiger charge is 2.48. The van der Waals surface area contributed by atoms with E-state index >= 15 is 0 Å². The Balaban J connectivity index is 2.23. The molecule has 0 aromatic heterocycles. The molecule has 0 aliphatic carbocycles. The van der Waals surface area contributed by atoms with E-state index in [0.29, 0.717) is 28.1 Å². The predicted octanol–water partition coefficient (Wildman–Crippen LogP) is 7.97. The first kappa shape index (κ1) is 32.2. The molecule has 0 saturated carbocycles. The van der Waals surface area contributed by atoms with Gasteiger partial charge in [0, 0.05) is 29.0 Å². The highest BCUT2D eigenvalue weighted by Crippen LogP contribution is 2.46. The molecule has 0 saturated heterocycles. The molecule has 0 spiro atoms. The highest BCUT2D eigenvalue weighted by molar-refractivity contribution is 7.89. The average Bonchev–Trinajstić information content (AvgIpc) is 3.25. The second kappa shape index (κ2) is 12.7. The summed E-state index contributed by atoms with van der Waals surface area (Å²) in [5.74, 6) is -0.435. The van der Waals surface area contributed by atoms with Gasteiger partial charge in [-0.25, -0.2) is 8.42 Å². The van der Waals surface area contributed by atoms with E-state index in [0.717, 1.165) is 6.42 Å². The lowest BCUT2D eigenvalue weighted by Crippen LogP contribution is -2.43. The van der Waals surface area contributed by atoms with Crippen molar-refractivity contribution in [3.63, 3.8) is 0 Å². The molecule has 3 rings (SSSR count). The van der Waals surface area contributed by atoms with Crippen LogP contribution in [0.4, 0.5) is 0 Å². The van der Waals surface area contributed by atoms with Crippen LogP contribution < -0.4 is 0 Å². The number of carbonyl (C=O) groups is 2. The van der Waals surface area contributed by atoms with Gasteiger partial charge in [-0.05, 0) is 73.3 Å². The zero-order valence-electron chi connectivity index (χ0n) is 25.1. The molecule has 2 aromatic carbocycles. The van der Waals surface area contributed by atoms with Crippen LogP contribution in [0.2, 0.25) is 5.02 Å². The van der Waals surface area contributed by atoms with Gasteiger partial charge in [-0.1, -0.05) is 89.6 Å². The number of aryl methyl sites for hydroxylation is 1. The zero-order valence-corrected chi connectivity index (χ0v) is 26.6. The monoisotopic (exact) mass is 585 g/mol. The molecule has 218 valence electrons. The van der Waals surface area contributed by atoms with Gasteiger partial charge in [0.05, 0.1) is 10.9 Å². The van der Waals surface area contributed by atoms with Crippen molar-refractivity contribution >= 4 is 33.2 Å². The molecule has 40 heavy (non-hydrogen) atoms. The van der Waals surface area contributed by atoms with Crippen molar-refractivity contribution in [2.75, 3.05) is 0 Å². The van der Waals surface area contributed by atoms with Crippen LogP contribution in [0.3, 0.4) is 0 Å². The number of benzene rings is 2. The Morgan fingerprint density at radius 2 is 1.60 bits per heavy atom. The van der Waals surface area contributed by atoms with E-state index in [-0.39, 0.29) is 40.1 Å². The van der Waals surface area contributed by atoms with Crippen molar-refractivity contribution in [1.29, 1.82) is 0 Å². The Morgan fingerprint density at radius 3 is 2.12 bits per heavy atom. The van der Waals surface area contributed by atoms with Gasteiger partial charge < -0.3 is 0 Å². The maximum atomic E-state index is 14.5. The van der Waals surface area contributed by atoms with Gasteiger partial charge in [-0.15, -0.1) is 0 Å². The Labute approximate surface area is 246 Å². The minimum Gasteiger partial charge on any atom is -0.300 e. The molecule has 5 nitrogen and oxygen atoms in total. The van der Waals surface area contributed by atoms with E-state index in [2.05, 4.69) is 27.7 Å². The fourth-order valence-electron chi connectivity index (χ4n) is 5.94.